The van der Waals surface area contributed by atoms with E-state index in [1.54, 1.807) is 0 Å². The van der Waals surface area contributed by atoms with Crippen LogP contribution in [-0.2, 0) is 25.4 Å². The standard InChI is InChI=1S/C10H17N3O5/c1-2-15-3-4-16-5-6-17-9(14)7-8-10(11)13-18-12-8/h2-7H2,1H3,(H2,11,13). The molecule has 1 rings (SSSR count). The maximum absolute atomic E-state index is 11.3. The van der Waals surface area contributed by atoms with Crippen LogP contribution < -0.4 is 5.73 Å². The molecule has 0 aromatic carbocycles. The number of nitrogens with zero attached hydrogens (tertiary/aromatic N) is 2. The van der Waals surface area contributed by atoms with Gasteiger partial charge in [-0.3, -0.25) is 4.79 Å². The lowest BCUT2D eigenvalue weighted by Gasteiger charge is -2.05. The second kappa shape index (κ2) is 8.43. The fraction of sp³-hybridized carbons (Fsp3) is 0.700. The van der Waals surface area contributed by atoms with Crippen LogP contribution in [0.15, 0.2) is 4.63 Å². The highest BCUT2D eigenvalue weighted by Crippen LogP contribution is 2.05. The molecule has 0 amide bonds. The van der Waals surface area contributed by atoms with E-state index < -0.39 is 5.97 Å². The Morgan fingerprint density at radius 3 is 2.61 bits per heavy atom. The fourth-order valence-electron chi connectivity index (χ4n) is 1.10. The molecule has 0 fully saturated rings. The molecule has 0 aliphatic rings. The third kappa shape index (κ3) is 5.60. The number of hydrogen-bond donors (Lipinski definition) is 1. The SMILES string of the molecule is CCOCCOCCOC(=O)Cc1nonc1N. The Morgan fingerprint density at radius 1 is 1.22 bits per heavy atom. The second-order valence-corrected chi connectivity index (χ2v) is 3.30. The number of aromatic nitrogens is 2. The van der Waals surface area contributed by atoms with E-state index in [0.29, 0.717) is 26.4 Å². The van der Waals surface area contributed by atoms with E-state index in [1.807, 2.05) is 6.92 Å². The minimum Gasteiger partial charge on any atom is -0.463 e. The summed E-state index contributed by atoms with van der Waals surface area (Å²) >= 11 is 0. The normalized spacial score (nSPS) is 10.5. The Kier molecular flexibility index (Phi) is 6.74. The topological polar surface area (TPSA) is 110 Å². The molecular weight excluding hydrogens is 242 g/mol. The molecule has 0 spiro atoms. The van der Waals surface area contributed by atoms with Gasteiger partial charge in [0, 0.05) is 6.61 Å². The molecule has 0 saturated carbocycles. The average molecular weight is 259 g/mol. The summed E-state index contributed by atoms with van der Waals surface area (Å²) in [6, 6.07) is 0. The summed E-state index contributed by atoms with van der Waals surface area (Å²) in [4.78, 5) is 11.3. The molecule has 18 heavy (non-hydrogen) atoms. The summed E-state index contributed by atoms with van der Waals surface area (Å²) in [5.41, 5.74) is 5.67. The first kappa shape index (κ1) is 14.4. The molecule has 8 heteroatoms. The zero-order chi connectivity index (χ0) is 13.2. The van der Waals surface area contributed by atoms with Gasteiger partial charge >= 0.3 is 5.97 Å². The number of anilines is 1. The summed E-state index contributed by atoms with van der Waals surface area (Å²) in [5, 5.41) is 6.83. The predicted octanol–water partition coefficient (Wildman–Crippen LogP) is -0.209. The Morgan fingerprint density at radius 2 is 1.94 bits per heavy atom. The molecule has 102 valence electrons. The Labute approximate surface area is 104 Å². The maximum atomic E-state index is 11.3. The van der Waals surface area contributed by atoms with Crippen LogP contribution in [-0.4, -0.2) is 49.3 Å². The minimum atomic E-state index is -0.453. The molecule has 1 aromatic heterocycles. The molecule has 0 atom stereocenters. The molecule has 0 aliphatic carbocycles. The lowest BCUT2D eigenvalue weighted by molar-refractivity contribution is -0.144. The molecule has 1 heterocycles. The van der Waals surface area contributed by atoms with Gasteiger partial charge in [-0.2, -0.15) is 0 Å². The highest BCUT2D eigenvalue weighted by atomic mass is 16.6. The summed E-state index contributed by atoms with van der Waals surface area (Å²) in [6.07, 6.45) is -0.0612. The minimum absolute atomic E-state index is 0.0612. The first-order valence-electron chi connectivity index (χ1n) is 5.62. The van der Waals surface area contributed by atoms with E-state index in [2.05, 4.69) is 14.9 Å². The van der Waals surface area contributed by atoms with E-state index in [1.165, 1.54) is 0 Å². The molecule has 8 nitrogen and oxygen atoms in total. The number of nitrogen functional groups attached to an aromatic ring is 1. The number of esters is 1. The van der Waals surface area contributed by atoms with Crippen LogP contribution in [0, 0.1) is 0 Å². The number of rotatable bonds is 9. The molecule has 0 bridgehead atoms. The summed E-state index contributed by atoms with van der Waals surface area (Å²) < 4.78 is 19.5. The van der Waals surface area contributed by atoms with Crippen LogP contribution >= 0.6 is 0 Å². The lowest BCUT2D eigenvalue weighted by atomic mass is 10.3. The van der Waals surface area contributed by atoms with Crippen LogP contribution in [0.3, 0.4) is 0 Å². The van der Waals surface area contributed by atoms with E-state index in [0.717, 1.165) is 0 Å². The number of hydrogen-bond acceptors (Lipinski definition) is 8. The molecule has 0 saturated heterocycles. The highest BCUT2D eigenvalue weighted by Gasteiger charge is 2.12. The van der Waals surface area contributed by atoms with E-state index >= 15 is 0 Å². The Hall–Kier alpha value is -1.67. The average Bonchev–Trinajstić information content (AvgIpc) is 2.74. The van der Waals surface area contributed by atoms with Gasteiger partial charge in [0.15, 0.2) is 5.82 Å². The molecule has 0 aliphatic heterocycles. The van der Waals surface area contributed by atoms with Gasteiger partial charge in [-0.1, -0.05) is 5.16 Å². The van der Waals surface area contributed by atoms with Crippen LogP contribution in [0.1, 0.15) is 12.6 Å². The van der Waals surface area contributed by atoms with E-state index in [-0.39, 0.29) is 24.5 Å². The number of carbonyl (C=O) groups is 1. The number of carbonyl (C=O) groups excluding carboxylic acids is 1. The predicted molar refractivity (Wildman–Crippen MR) is 60.7 cm³/mol. The lowest BCUT2D eigenvalue weighted by Crippen LogP contribution is -2.15. The smallest absolute Gasteiger partial charge is 0.312 e. The van der Waals surface area contributed by atoms with Crippen LogP contribution in [0.4, 0.5) is 5.82 Å². The van der Waals surface area contributed by atoms with E-state index in [9.17, 15) is 4.79 Å². The third-order valence-corrected chi connectivity index (χ3v) is 1.96. The van der Waals surface area contributed by atoms with Crippen molar-refractivity contribution < 1.29 is 23.6 Å². The zero-order valence-electron chi connectivity index (χ0n) is 10.3. The fourth-order valence-corrected chi connectivity index (χ4v) is 1.10. The van der Waals surface area contributed by atoms with Crippen LogP contribution in [0.25, 0.3) is 0 Å². The van der Waals surface area contributed by atoms with Gasteiger partial charge in [-0.05, 0) is 12.1 Å². The molecule has 0 unspecified atom stereocenters. The zero-order valence-corrected chi connectivity index (χ0v) is 10.3. The summed E-state index contributed by atoms with van der Waals surface area (Å²) in [7, 11) is 0. The van der Waals surface area contributed by atoms with Crippen molar-refractivity contribution in [3.8, 4) is 0 Å². The molecule has 0 radical (unpaired) electrons. The van der Waals surface area contributed by atoms with Gasteiger partial charge in [0.05, 0.1) is 26.2 Å². The molecule has 1 aromatic rings. The first-order chi connectivity index (χ1) is 8.74. The van der Waals surface area contributed by atoms with Crippen molar-refractivity contribution in [2.24, 2.45) is 0 Å². The largest absolute Gasteiger partial charge is 0.463 e. The van der Waals surface area contributed by atoms with Gasteiger partial charge < -0.3 is 19.9 Å². The quantitative estimate of drug-likeness (QED) is 0.479. The van der Waals surface area contributed by atoms with Crippen molar-refractivity contribution >= 4 is 11.8 Å². The van der Waals surface area contributed by atoms with Crippen LogP contribution in [0.5, 0.6) is 0 Å². The van der Waals surface area contributed by atoms with E-state index in [4.69, 9.17) is 19.9 Å². The van der Waals surface area contributed by atoms with Crippen molar-refractivity contribution in [3.63, 3.8) is 0 Å². The molecule has 2 N–H and O–H groups in total. The van der Waals surface area contributed by atoms with Crippen molar-refractivity contribution in [2.75, 3.05) is 38.8 Å². The Bertz CT molecular complexity index is 355. The molecular formula is C10H17N3O5. The summed E-state index contributed by atoms with van der Waals surface area (Å²) in [5.74, 6) is -0.356. The van der Waals surface area contributed by atoms with Gasteiger partial charge in [-0.25, -0.2) is 4.63 Å². The maximum Gasteiger partial charge on any atom is 0.312 e. The monoisotopic (exact) mass is 259 g/mol. The third-order valence-electron chi connectivity index (χ3n) is 1.96. The first-order valence-corrected chi connectivity index (χ1v) is 5.62. The van der Waals surface area contributed by atoms with Crippen molar-refractivity contribution in [1.82, 2.24) is 10.3 Å². The van der Waals surface area contributed by atoms with Crippen molar-refractivity contribution in [1.29, 1.82) is 0 Å². The van der Waals surface area contributed by atoms with Crippen molar-refractivity contribution in [2.45, 2.75) is 13.3 Å². The van der Waals surface area contributed by atoms with Gasteiger partial charge in [-0.15, -0.1) is 0 Å². The van der Waals surface area contributed by atoms with Gasteiger partial charge in [0.25, 0.3) is 0 Å². The number of nitrogens with two attached hydrogens (primary N) is 1. The van der Waals surface area contributed by atoms with Gasteiger partial charge in [0.1, 0.15) is 12.3 Å². The van der Waals surface area contributed by atoms with Crippen LogP contribution in [0.2, 0.25) is 0 Å². The second-order valence-electron chi connectivity index (χ2n) is 3.30. The highest BCUT2D eigenvalue weighted by molar-refractivity contribution is 5.73. The van der Waals surface area contributed by atoms with Gasteiger partial charge in [0.2, 0.25) is 0 Å². The Balaban J connectivity index is 2.02. The number of ether oxygens (including phenoxy) is 3. The van der Waals surface area contributed by atoms with Crippen molar-refractivity contribution in [3.05, 3.63) is 5.69 Å². The summed E-state index contributed by atoms with van der Waals surface area (Å²) in [6.45, 7) is 4.08.